The van der Waals surface area contributed by atoms with E-state index in [9.17, 15) is 18.0 Å². The highest BCUT2D eigenvalue weighted by atomic mass is 19.4. The molecule has 0 bridgehead atoms. The number of fused-ring (bicyclic) bond motifs is 1. The van der Waals surface area contributed by atoms with Gasteiger partial charge in [-0.1, -0.05) is 24.3 Å². The van der Waals surface area contributed by atoms with Crippen molar-refractivity contribution >= 4 is 17.1 Å². The van der Waals surface area contributed by atoms with Crippen molar-refractivity contribution in [1.82, 2.24) is 9.66 Å². The lowest BCUT2D eigenvalue weighted by Crippen LogP contribution is -2.20. The van der Waals surface area contributed by atoms with Gasteiger partial charge >= 0.3 is 6.18 Å². The number of para-hydroxylation sites is 1. The highest BCUT2D eigenvalue weighted by molar-refractivity contribution is 5.80. The van der Waals surface area contributed by atoms with E-state index in [1.54, 1.807) is 36.4 Å². The molecule has 0 fully saturated rings. The molecule has 2 aromatic carbocycles. The third-order valence-electron chi connectivity index (χ3n) is 4.05. The van der Waals surface area contributed by atoms with Gasteiger partial charge in [0.15, 0.2) is 5.82 Å². The molecule has 0 spiro atoms. The van der Waals surface area contributed by atoms with Gasteiger partial charge in [-0.05, 0) is 36.4 Å². The van der Waals surface area contributed by atoms with Crippen molar-refractivity contribution in [3.63, 3.8) is 0 Å². The molecule has 28 heavy (non-hydrogen) atoms. The highest BCUT2D eigenvalue weighted by Gasteiger charge is 2.30. The average molecular weight is 383 g/mol. The minimum atomic E-state index is -4.52. The molecule has 140 valence electrons. The van der Waals surface area contributed by atoms with Crippen LogP contribution in [0.25, 0.3) is 22.3 Å². The maximum Gasteiger partial charge on any atom is 0.416 e. The number of hydrogen-bond acceptors (Lipinski definition) is 4. The molecular weight excluding hydrogens is 371 g/mol. The van der Waals surface area contributed by atoms with Crippen LogP contribution in [-0.4, -0.2) is 15.9 Å². The molecular formula is C20H12F3N3O2. The van der Waals surface area contributed by atoms with Gasteiger partial charge < -0.3 is 4.42 Å². The van der Waals surface area contributed by atoms with Crippen molar-refractivity contribution in [3.05, 3.63) is 88.6 Å². The highest BCUT2D eigenvalue weighted by Crippen LogP contribution is 2.31. The summed E-state index contributed by atoms with van der Waals surface area (Å²) in [4.78, 5) is 17.3. The summed E-state index contributed by atoms with van der Waals surface area (Å²) < 4.78 is 45.5. The summed E-state index contributed by atoms with van der Waals surface area (Å²) in [5.74, 6) is 0.382. The number of aromatic nitrogens is 2. The first kappa shape index (κ1) is 17.7. The van der Waals surface area contributed by atoms with Crippen LogP contribution in [0.1, 0.15) is 11.3 Å². The van der Waals surface area contributed by atoms with E-state index in [0.717, 1.165) is 16.8 Å². The maximum atomic E-state index is 13.1. The van der Waals surface area contributed by atoms with Crippen molar-refractivity contribution in [3.8, 4) is 11.4 Å². The van der Waals surface area contributed by atoms with E-state index in [-0.39, 0.29) is 11.4 Å². The van der Waals surface area contributed by atoms with Crippen LogP contribution in [0.3, 0.4) is 0 Å². The quantitative estimate of drug-likeness (QED) is 0.488. The number of halogens is 3. The molecule has 5 nitrogen and oxygen atoms in total. The van der Waals surface area contributed by atoms with Crippen molar-refractivity contribution in [1.29, 1.82) is 0 Å². The Bertz CT molecular complexity index is 1230. The van der Waals surface area contributed by atoms with Crippen molar-refractivity contribution in [2.45, 2.75) is 6.18 Å². The lowest BCUT2D eigenvalue weighted by atomic mass is 10.1. The molecule has 0 radical (unpaired) electrons. The Kier molecular flexibility index (Phi) is 4.31. The second-order valence-corrected chi connectivity index (χ2v) is 5.91. The predicted molar refractivity (Wildman–Crippen MR) is 98.1 cm³/mol. The lowest BCUT2D eigenvalue weighted by molar-refractivity contribution is -0.137. The molecule has 0 saturated carbocycles. The number of benzene rings is 2. The summed E-state index contributed by atoms with van der Waals surface area (Å²) in [7, 11) is 0. The average Bonchev–Trinajstić information content (AvgIpc) is 3.20. The summed E-state index contributed by atoms with van der Waals surface area (Å²) in [5, 5.41) is 4.41. The van der Waals surface area contributed by atoms with Gasteiger partial charge in [0.2, 0.25) is 0 Å². The van der Waals surface area contributed by atoms with E-state index in [1.807, 2.05) is 0 Å². The fraction of sp³-hybridized carbons (Fsp3) is 0.0500. The second-order valence-electron chi connectivity index (χ2n) is 5.91. The Morgan fingerprint density at radius 2 is 1.86 bits per heavy atom. The van der Waals surface area contributed by atoms with Crippen LogP contribution >= 0.6 is 0 Å². The standard InChI is InChI=1S/C20H12F3N3O2/c21-20(22,23)14-6-3-5-13(11-14)18-25-17-9-2-1-8-16(17)19(27)26(18)24-12-15-7-4-10-28-15/h1-12H. The number of nitrogens with zero attached hydrogens (tertiary/aromatic N) is 3. The zero-order valence-corrected chi connectivity index (χ0v) is 14.2. The number of furan rings is 1. The van der Waals surface area contributed by atoms with Crippen LogP contribution in [-0.2, 0) is 6.18 Å². The van der Waals surface area contributed by atoms with Crippen LogP contribution < -0.4 is 5.56 Å². The summed E-state index contributed by atoms with van der Waals surface area (Å²) in [6.45, 7) is 0. The van der Waals surface area contributed by atoms with Gasteiger partial charge in [-0.3, -0.25) is 4.79 Å². The van der Waals surface area contributed by atoms with Gasteiger partial charge in [0, 0.05) is 5.56 Å². The Labute approximate surface area is 156 Å². The summed E-state index contributed by atoms with van der Waals surface area (Å²) >= 11 is 0. The van der Waals surface area contributed by atoms with E-state index < -0.39 is 17.3 Å². The molecule has 4 rings (SSSR count). The summed E-state index contributed by atoms with van der Waals surface area (Å²) in [6, 6.07) is 14.5. The van der Waals surface area contributed by atoms with Crippen LogP contribution in [0, 0.1) is 0 Å². The molecule has 0 atom stereocenters. The SMILES string of the molecule is O=c1c2ccccc2nc(-c2cccc(C(F)(F)F)c2)n1N=Cc1ccco1. The van der Waals surface area contributed by atoms with Gasteiger partial charge in [0.1, 0.15) is 5.76 Å². The van der Waals surface area contributed by atoms with E-state index in [4.69, 9.17) is 4.42 Å². The molecule has 0 aliphatic carbocycles. The van der Waals surface area contributed by atoms with Crippen molar-refractivity contribution in [2.24, 2.45) is 5.10 Å². The van der Waals surface area contributed by atoms with Crippen LogP contribution in [0.15, 0.2) is 81.2 Å². The van der Waals surface area contributed by atoms with Crippen LogP contribution in [0.2, 0.25) is 0 Å². The van der Waals surface area contributed by atoms with E-state index in [2.05, 4.69) is 10.1 Å². The van der Waals surface area contributed by atoms with Crippen molar-refractivity contribution in [2.75, 3.05) is 0 Å². The fourth-order valence-electron chi connectivity index (χ4n) is 2.73. The van der Waals surface area contributed by atoms with Gasteiger partial charge in [-0.25, -0.2) is 4.98 Å². The molecule has 0 aliphatic rings. The molecule has 0 aliphatic heterocycles. The minimum absolute atomic E-state index is 0.00222. The summed E-state index contributed by atoms with van der Waals surface area (Å²) in [5.41, 5.74) is -0.853. The normalized spacial score (nSPS) is 12.1. The van der Waals surface area contributed by atoms with Crippen LogP contribution in [0.5, 0.6) is 0 Å². The molecule has 0 N–H and O–H groups in total. The molecule has 4 aromatic rings. The molecule has 0 saturated heterocycles. The maximum absolute atomic E-state index is 13.1. The topological polar surface area (TPSA) is 60.4 Å². The largest absolute Gasteiger partial charge is 0.463 e. The minimum Gasteiger partial charge on any atom is -0.463 e. The van der Waals surface area contributed by atoms with E-state index in [0.29, 0.717) is 16.7 Å². The first-order valence-corrected chi connectivity index (χ1v) is 8.21. The smallest absolute Gasteiger partial charge is 0.416 e. The Hall–Kier alpha value is -3.68. The van der Waals surface area contributed by atoms with Gasteiger partial charge in [0.05, 0.1) is 28.9 Å². The van der Waals surface area contributed by atoms with Crippen LogP contribution in [0.4, 0.5) is 13.2 Å². The third kappa shape index (κ3) is 3.32. The zero-order chi connectivity index (χ0) is 19.7. The Balaban J connectivity index is 1.96. The Morgan fingerprint density at radius 1 is 1.04 bits per heavy atom. The van der Waals surface area contributed by atoms with E-state index >= 15 is 0 Å². The molecule has 0 unspecified atom stereocenters. The van der Waals surface area contributed by atoms with Gasteiger partial charge in [0.25, 0.3) is 5.56 Å². The first-order valence-electron chi connectivity index (χ1n) is 8.21. The zero-order valence-electron chi connectivity index (χ0n) is 14.2. The molecule has 2 heterocycles. The molecule has 0 amide bonds. The first-order chi connectivity index (χ1) is 13.4. The van der Waals surface area contributed by atoms with Gasteiger partial charge in [-0.15, -0.1) is 0 Å². The summed E-state index contributed by atoms with van der Waals surface area (Å²) in [6.07, 6.45) is -1.78. The molecule has 2 aromatic heterocycles. The number of alkyl halides is 3. The van der Waals surface area contributed by atoms with E-state index in [1.165, 1.54) is 24.6 Å². The van der Waals surface area contributed by atoms with Crippen molar-refractivity contribution < 1.29 is 17.6 Å². The second kappa shape index (κ2) is 6.80. The number of hydrogen-bond donors (Lipinski definition) is 0. The monoisotopic (exact) mass is 383 g/mol. The lowest BCUT2D eigenvalue weighted by Gasteiger charge is -2.11. The molecule has 8 heteroatoms. The fourth-order valence-corrected chi connectivity index (χ4v) is 2.73. The Morgan fingerprint density at radius 3 is 2.61 bits per heavy atom. The third-order valence-corrected chi connectivity index (χ3v) is 4.05. The number of rotatable bonds is 3. The van der Waals surface area contributed by atoms with Gasteiger partial charge in [-0.2, -0.15) is 22.9 Å². The predicted octanol–water partition coefficient (Wildman–Crippen LogP) is 4.56.